The third-order valence-corrected chi connectivity index (χ3v) is 3.44. The Morgan fingerprint density at radius 3 is 2.79 bits per heavy atom. The van der Waals surface area contributed by atoms with Crippen LogP contribution in [0, 0.1) is 0 Å². The van der Waals surface area contributed by atoms with Crippen molar-refractivity contribution < 1.29 is 19.2 Å². The number of rotatable bonds is 8. The van der Waals surface area contributed by atoms with Crippen LogP contribution in [0.4, 0.5) is 0 Å². The number of hydrogen-bond donors (Lipinski definition) is 1. The lowest BCUT2D eigenvalue weighted by Crippen LogP contribution is -2.31. The molecule has 0 spiro atoms. The molecule has 0 aliphatic heterocycles. The van der Waals surface area contributed by atoms with Gasteiger partial charge in [-0.2, -0.15) is 4.98 Å². The van der Waals surface area contributed by atoms with Crippen molar-refractivity contribution in [1.82, 2.24) is 20.0 Å². The van der Waals surface area contributed by atoms with Crippen LogP contribution >= 0.6 is 0 Å². The number of aromatic nitrogens is 3. The van der Waals surface area contributed by atoms with Crippen molar-refractivity contribution in [2.45, 2.75) is 39.3 Å². The maximum atomic E-state index is 11.8. The van der Waals surface area contributed by atoms with Crippen molar-refractivity contribution in [3.8, 4) is 5.88 Å². The smallest absolute Gasteiger partial charge is 0.325 e. The minimum atomic E-state index is -1.00. The number of carboxylic acid groups (broad SMARTS) is 1. The van der Waals surface area contributed by atoms with Crippen molar-refractivity contribution >= 4 is 5.97 Å². The van der Waals surface area contributed by atoms with Crippen LogP contribution in [0.3, 0.4) is 0 Å². The Morgan fingerprint density at radius 2 is 2.21 bits per heavy atom. The van der Waals surface area contributed by atoms with E-state index in [0.29, 0.717) is 29.8 Å². The van der Waals surface area contributed by atoms with Gasteiger partial charge >= 0.3 is 5.97 Å². The predicted octanol–water partition coefficient (Wildman–Crippen LogP) is 2.24. The summed E-state index contributed by atoms with van der Waals surface area (Å²) < 4.78 is 10.6. The summed E-state index contributed by atoms with van der Waals surface area (Å²) in [5.41, 5.74) is 0.484. The molecule has 2 rings (SSSR count). The average molecular weight is 334 g/mol. The molecule has 1 N–H and O–H groups in total. The molecule has 0 aliphatic rings. The first-order valence-electron chi connectivity index (χ1n) is 7.77. The molecular formula is C16H22N4O4. The lowest BCUT2D eigenvalue weighted by molar-refractivity contribution is -0.143. The van der Waals surface area contributed by atoms with Gasteiger partial charge in [0.2, 0.25) is 11.8 Å². The number of aliphatic carboxylic acids is 1. The fourth-order valence-corrected chi connectivity index (χ4v) is 2.30. The lowest BCUT2D eigenvalue weighted by atomic mass is 10.1. The number of carbonyl (C=O) groups is 1. The van der Waals surface area contributed by atoms with Crippen LogP contribution in [-0.2, 0) is 11.3 Å². The first kappa shape index (κ1) is 17.9. The molecule has 0 fully saturated rings. The van der Waals surface area contributed by atoms with Crippen LogP contribution in [0.1, 0.15) is 50.0 Å². The van der Waals surface area contributed by atoms with Gasteiger partial charge in [0.15, 0.2) is 5.82 Å². The van der Waals surface area contributed by atoms with E-state index >= 15 is 0 Å². The summed E-state index contributed by atoms with van der Waals surface area (Å²) in [7, 11) is 1.68. The molecule has 24 heavy (non-hydrogen) atoms. The average Bonchev–Trinajstić information content (AvgIpc) is 2.98. The standard InChI is InChI=1S/C16H22N4O4/c1-5-23-15-11(7-6-8-17-15)13(16(21)22)20(4)9-12-18-14(10(2)3)19-24-12/h6-8,10,13H,5,9H2,1-4H3,(H,21,22). The highest BCUT2D eigenvalue weighted by molar-refractivity contribution is 5.76. The molecule has 0 saturated carbocycles. The van der Waals surface area contributed by atoms with Crippen LogP contribution < -0.4 is 4.74 Å². The SMILES string of the molecule is CCOc1ncccc1C(C(=O)O)N(C)Cc1nc(C(C)C)no1. The fourth-order valence-electron chi connectivity index (χ4n) is 2.30. The Hall–Kier alpha value is -2.48. The molecule has 0 aromatic carbocycles. The molecule has 8 nitrogen and oxygen atoms in total. The van der Waals surface area contributed by atoms with E-state index in [1.165, 1.54) is 0 Å². The fraction of sp³-hybridized carbons (Fsp3) is 0.500. The molecule has 0 saturated heterocycles. The van der Waals surface area contributed by atoms with Gasteiger partial charge in [0, 0.05) is 17.7 Å². The Morgan fingerprint density at radius 1 is 1.46 bits per heavy atom. The highest BCUT2D eigenvalue weighted by Crippen LogP contribution is 2.28. The highest BCUT2D eigenvalue weighted by Gasteiger charge is 2.29. The summed E-state index contributed by atoms with van der Waals surface area (Å²) in [6.07, 6.45) is 1.57. The molecule has 2 heterocycles. The van der Waals surface area contributed by atoms with Crippen molar-refractivity contribution in [1.29, 1.82) is 0 Å². The second-order valence-corrected chi connectivity index (χ2v) is 5.69. The first-order valence-corrected chi connectivity index (χ1v) is 7.77. The van der Waals surface area contributed by atoms with Gasteiger partial charge in [-0.05, 0) is 26.1 Å². The maximum Gasteiger partial charge on any atom is 0.325 e. The molecule has 8 heteroatoms. The van der Waals surface area contributed by atoms with Crippen molar-refractivity contribution in [3.05, 3.63) is 35.6 Å². The molecule has 0 bridgehead atoms. The van der Waals surface area contributed by atoms with E-state index < -0.39 is 12.0 Å². The van der Waals surface area contributed by atoms with E-state index in [1.807, 2.05) is 20.8 Å². The van der Waals surface area contributed by atoms with Gasteiger partial charge in [-0.25, -0.2) is 4.98 Å². The van der Waals surface area contributed by atoms with Crippen LogP contribution in [0.15, 0.2) is 22.9 Å². The predicted molar refractivity (Wildman–Crippen MR) is 85.6 cm³/mol. The van der Waals surface area contributed by atoms with Crippen molar-refractivity contribution in [2.75, 3.05) is 13.7 Å². The Labute approximate surface area is 140 Å². The van der Waals surface area contributed by atoms with E-state index in [9.17, 15) is 9.90 Å². The second-order valence-electron chi connectivity index (χ2n) is 5.69. The van der Waals surface area contributed by atoms with Gasteiger partial charge in [0.25, 0.3) is 0 Å². The number of carboxylic acids is 1. The summed E-state index contributed by atoms with van der Waals surface area (Å²) in [5, 5.41) is 13.6. The largest absolute Gasteiger partial charge is 0.480 e. The monoisotopic (exact) mass is 334 g/mol. The maximum absolute atomic E-state index is 11.8. The van der Waals surface area contributed by atoms with Gasteiger partial charge in [-0.15, -0.1) is 0 Å². The quantitative estimate of drug-likeness (QED) is 0.784. The summed E-state index contributed by atoms with van der Waals surface area (Å²) in [6, 6.07) is 2.45. The normalized spacial score (nSPS) is 12.6. The van der Waals surface area contributed by atoms with Crippen molar-refractivity contribution in [3.63, 3.8) is 0 Å². The van der Waals surface area contributed by atoms with E-state index in [2.05, 4.69) is 15.1 Å². The third kappa shape index (κ3) is 4.08. The van der Waals surface area contributed by atoms with Gasteiger partial charge in [-0.3, -0.25) is 9.69 Å². The molecule has 1 unspecified atom stereocenters. The molecule has 2 aromatic rings. The van der Waals surface area contributed by atoms with E-state index in [4.69, 9.17) is 9.26 Å². The molecule has 130 valence electrons. The van der Waals surface area contributed by atoms with E-state index in [-0.39, 0.29) is 12.5 Å². The summed E-state index contributed by atoms with van der Waals surface area (Å²) >= 11 is 0. The molecule has 0 aliphatic carbocycles. The second kappa shape index (κ2) is 7.87. The Kier molecular flexibility index (Phi) is 5.86. The highest BCUT2D eigenvalue weighted by atomic mass is 16.5. The van der Waals surface area contributed by atoms with Crippen LogP contribution in [-0.4, -0.2) is 44.8 Å². The van der Waals surface area contributed by atoms with Crippen LogP contribution in [0.25, 0.3) is 0 Å². The molecular weight excluding hydrogens is 312 g/mol. The van der Waals surface area contributed by atoms with Gasteiger partial charge in [-0.1, -0.05) is 19.0 Å². The molecule has 0 amide bonds. The summed E-state index contributed by atoms with van der Waals surface area (Å²) in [5.74, 6) is 0.421. The molecule has 1 atom stereocenters. The summed E-state index contributed by atoms with van der Waals surface area (Å²) in [6.45, 7) is 6.35. The number of ether oxygens (including phenoxy) is 1. The van der Waals surface area contributed by atoms with E-state index in [0.717, 1.165) is 0 Å². The number of nitrogens with zero attached hydrogens (tertiary/aromatic N) is 4. The summed E-state index contributed by atoms with van der Waals surface area (Å²) in [4.78, 5) is 21.8. The Bertz CT molecular complexity index is 686. The van der Waals surface area contributed by atoms with E-state index in [1.54, 1.807) is 30.3 Å². The molecule has 0 radical (unpaired) electrons. The number of hydrogen-bond acceptors (Lipinski definition) is 7. The topological polar surface area (TPSA) is 102 Å². The Balaban J connectivity index is 2.25. The minimum absolute atomic E-state index is 0.144. The molecule has 2 aromatic heterocycles. The third-order valence-electron chi connectivity index (χ3n) is 3.44. The zero-order chi connectivity index (χ0) is 17.7. The van der Waals surface area contributed by atoms with Gasteiger partial charge in [0.1, 0.15) is 6.04 Å². The van der Waals surface area contributed by atoms with Crippen LogP contribution in [0.2, 0.25) is 0 Å². The first-order chi connectivity index (χ1) is 11.4. The van der Waals surface area contributed by atoms with Crippen LogP contribution in [0.5, 0.6) is 5.88 Å². The number of pyridine rings is 1. The van der Waals surface area contributed by atoms with Gasteiger partial charge in [0.05, 0.1) is 13.2 Å². The minimum Gasteiger partial charge on any atom is -0.480 e. The lowest BCUT2D eigenvalue weighted by Gasteiger charge is -2.24. The number of likely N-dealkylation sites (N-methyl/N-ethyl adjacent to an activating group) is 1. The van der Waals surface area contributed by atoms with Crippen molar-refractivity contribution in [2.24, 2.45) is 0 Å². The zero-order valence-electron chi connectivity index (χ0n) is 14.3. The van der Waals surface area contributed by atoms with Gasteiger partial charge < -0.3 is 14.4 Å². The zero-order valence-corrected chi connectivity index (χ0v) is 14.3.